The van der Waals surface area contributed by atoms with Crippen molar-refractivity contribution in [1.82, 2.24) is 0 Å². The molecule has 18 heavy (non-hydrogen) atoms. The molecule has 92 valence electrons. The molecular weight excluding hydrogens is 310 g/mol. The summed E-state index contributed by atoms with van der Waals surface area (Å²) in [5, 5.41) is 4.31. The van der Waals surface area contributed by atoms with Gasteiger partial charge in [-0.25, -0.2) is 0 Å². The van der Waals surface area contributed by atoms with Gasteiger partial charge >= 0.3 is 0 Å². The van der Waals surface area contributed by atoms with Gasteiger partial charge in [-0.3, -0.25) is 0 Å². The van der Waals surface area contributed by atoms with Crippen LogP contribution >= 0.6 is 27.5 Å². The van der Waals surface area contributed by atoms with E-state index in [4.69, 9.17) is 11.6 Å². The van der Waals surface area contributed by atoms with Crippen molar-refractivity contribution in [2.75, 3.05) is 5.32 Å². The molecule has 1 aliphatic rings. The van der Waals surface area contributed by atoms with E-state index >= 15 is 0 Å². The zero-order chi connectivity index (χ0) is 12.5. The number of hydrogen-bond acceptors (Lipinski definition) is 1. The number of rotatable bonds is 2. The average molecular weight is 323 g/mol. The molecule has 0 atom stereocenters. The monoisotopic (exact) mass is 321 g/mol. The fourth-order valence-electron chi connectivity index (χ4n) is 2.49. The fourth-order valence-corrected chi connectivity index (χ4v) is 3.02. The van der Waals surface area contributed by atoms with Crippen LogP contribution in [0.5, 0.6) is 0 Å². The Morgan fingerprint density at radius 1 is 1.06 bits per heavy atom. The first-order valence-electron chi connectivity index (χ1n) is 6.01. The van der Waals surface area contributed by atoms with Crippen molar-refractivity contribution in [2.24, 2.45) is 0 Å². The van der Waals surface area contributed by atoms with Crippen LogP contribution in [-0.4, -0.2) is 6.04 Å². The SMILES string of the molecule is Clc1ccc(Br)cc1NC1Cc2ccccc2C1. The predicted octanol–water partition coefficient (Wildman–Crippen LogP) is 4.68. The lowest BCUT2D eigenvalue weighted by Gasteiger charge is -2.15. The van der Waals surface area contributed by atoms with Crippen LogP contribution in [0.15, 0.2) is 46.9 Å². The lowest BCUT2D eigenvalue weighted by atomic mass is 10.1. The minimum absolute atomic E-state index is 0.439. The maximum Gasteiger partial charge on any atom is 0.0638 e. The van der Waals surface area contributed by atoms with E-state index in [1.165, 1.54) is 11.1 Å². The largest absolute Gasteiger partial charge is 0.380 e. The highest BCUT2D eigenvalue weighted by molar-refractivity contribution is 9.10. The first-order valence-corrected chi connectivity index (χ1v) is 7.18. The molecule has 1 nitrogen and oxygen atoms in total. The van der Waals surface area contributed by atoms with E-state index in [1.54, 1.807) is 0 Å². The molecular formula is C15H13BrClN. The molecule has 0 radical (unpaired) electrons. The van der Waals surface area contributed by atoms with Gasteiger partial charge in [0.2, 0.25) is 0 Å². The molecule has 0 saturated heterocycles. The molecule has 0 bridgehead atoms. The summed E-state index contributed by atoms with van der Waals surface area (Å²) in [5.74, 6) is 0. The normalized spacial score (nSPS) is 14.6. The van der Waals surface area contributed by atoms with E-state index in [9.17, 15) is 0 Å². The Balaban J connectivity index is 1.78. The van der Waals surface area contributed by atoms with Gasteiger partial charge in [-0.1, -0.05) is 51.8 Å². The highest BCUT2D eigenvalue weighted by atomic mass is 79.9. The molecule has 0 aliphatic heterocycles. The van der Waals surface area contributed by atoms with Gasteiger partial charge in [0.25, 0.3) is 0 Å². The maximum absolute atomic E-state index is 6.20. The number of anilines is 1. The summed E-state index contributed by atoms with van der Waals surface area (Å²) in [6.07, 6.45) is 2.14. The van der Waals surface area contributed by atoms with E-state index in [0.717, 1.165) is 28.0 Å². The van der Waals surface area contributed by atoms with Crippen LogP contribution in [0, 0.1) is 0 Å². The number of fused-ring (bicyclic) bond motifs is 1. The van der Waals surface area contributed by atoms with E-state index < -0.39 is 0 Å². The van der Waals surface area contributed by atoms with E-state index in [0.29, 0.717) is 6.04 Å². The molecule has 0 spiro atoms. The van der Waals surface area contributed by atoms with Crippen molar-refractivity contribution < 1.29 is 0 Å². The molecule has 3 heteroatoms. The molecule has 0 unspecified atom stereocenters. The van der Waals surface area contributed by atoms with Gasteiger partial charge in [-0.05, 0) is 42.2 Å². The Bertz CT molecular complexity index is 557. The molecule has 0 fully saturated rings. The van der Waals surface area contributed by atoms with E-state index in [-0.39, 0.29) is 0 Å². The number of nitrogens with one attached hydrogen (secondary N) is 1. The average Bonchev–Trinajstić information content (AvgIpc) is 2.76. The number of halogens is 2. The number of benzene rings is 2. The van der Waals surface area contributed by atoms with Crippen LogP contribution in [0.4, 0.5) is 5.69 Å². The quantitative estimate of drug-likeness (QED) is 0.846. The zero-order valence-electron chi connectivity index (χ0n) is 9.79. The van der Waals surface area contributed by atoms with Gasteiger partial charge in [0, 0.05) is 10.5 Å². The standard InChI is InChI=1S/C15H13BrClN/c16-12-5-6-14(17)15(9-12)18-13-7-10-3-1-2-4-11(10)8-13/h1-6,9,13,18H,7-8H2. The van der Waals surface area contributed by atoms with Crippen molar-refractivity contribution in [3.63, 3.8) is 0 Å². The van der Waals surface area contributed by atoms with Gasteiger partial charge < -0.3 is 5.32 Å². The van der Waals surface area contributed by atoms with Crippen LogP contribution in [0.1, 0.15) is 11.1 Å². The molecule has 0 amide bonds. The van der Waals surface area contributed by atoms with Crippen molar-refractivity contribution in [1.29, 1.82) is 0 Å². The van der Waals surface area contributed by atoms with Crippen LogP contribution in [-0.2, 0) is 12.8 Å². The summed E-state index contributed by atoms with van der Waals surface area (Å²) in [6, 6.07) is 15.0. The fraction of sp³-hybridized carbons (Fsp3) is 0.200. The van der Waals surface area contributed by atoms with Crippen LogP contribution in [0.2, 0.25) is 5.02 Å². The molecule has 3 rings (SSSR count). The summed E-state index contributed by atoms with van der Waals surface area (Å²) < 4.78 is 1.05. The third-order valence-corrected chi connectivity index (χ3v) is 4.16. The summed E-state index contributed by atoms with van der Waals surface area (Å²) >= 11 is 9.68. The maximum atomic E-state index is 6.20. The first kappa shape index (κ1) is 12.1. The Labute approximate surface area is 120 Å². The summed E-state index contributed by atoms with van der Waals surface area (Å²) in [7, 11) is 0. The highest BCUT2D eigenvalue weighted by Gasteiger charge is 2.21. The Hall–Kier alpha value is -0.990. The topological polar surface area (TPSA) is 12.0 Å². The summed E-state index contributed by atoms with van der Waals surface area (Å²) in [5.41, 5.74) is 3.89. The summed E-state index contributed by atoms with van der Waals surface area (Å²) in [4.78, 5) is 0. The van der Waals surface area contributed by atoms with Gasteiger partial charge in [-0.2, -0.15) is 0 Å². The minimum atomic E-state index is 0.439. The second kappa shape index (κ2) is 4.94. The Morgan fingerprint density at radius 3 is 2.39 bits per heavy atom. The van der Waals surface area contributed by atoms with Gasteiger partial charge in [-0.15, -0.1) is 0 Å². The second-order valence-corrected chi connectivity index (χ2v) is 5.97. The van der Waals surface area contributed by atoms with Crippen molar-refractivity contribution in [2.45, 2.75) is 18.9 Å². The van der Waals surface area contributed by atoms with Crippen LogP contribution in [0.3, 0.4) is 0 Å². The molecule has 0 saturated carbocycles. The summed E-state index contributed by atoms with van der Waals surface area (Å²) in [6.45, 7) is 0. The Morgan fingerprint density at radius 2 is 1.72 bits per heavy atom. The van der Waals surface area contributed by atoms with E-state index in [1.807, 2.05) is 18.2 Å². The second-order valence-electron chi connectivity index (χ2n) is 4.64. The van der Waals surface area contributed by atoms with E-state index in [2.05, 4.69) is 45.5 Å². The van der Waals surface area contributed by atoms with Crippen LogP contribution < -0.4 is 5.32 Å². The molecule has 1 N–H and O–H groups in total. The molecule has 1 aliphatic carbocycles. The van der Waals surface area contributed by atoms with Crippen molar-refractivity contribution >= 4 is 33.2 Å². The van der Waals surface area contributed by atoms with Crippen molar-refractivity contribution in [3.05, 3.63) is 63.1 Å². The van der Waals surface area contributed by atoms with Gasteiger partial charge in [0.15, 0.2) is 0 Å². The highest BCUT2D eigenvalue weighted by Crippen LogP contribution is 2.29. The zero-order valence-corrected chi connectivity index (χ0v) is 12.1. The third kappa shape index (κ3) is 2.40. The number of hydrogen-bond donors (Lipinski definition) is 1. The third-order valence-electron chi connectivity index (χ3n) is 3.34. The molecule has 2 aromatic carbocycles. The Kier molecular flexibility index (Phi) is 3.31. The molecule has 2 aromatic rings. The lowest BCUT2D eigenvalue weighted by molar-refractivity contribution is 0.774. The van der Waals surface area contributed by atoms with Gasteiger partial charge in [0.1, 0.15) is 0 Å². The molecule has 0 heterocycles. The first-order chi connectivity index (χ1) is 8.72. The lowest BCUT2D eigenvalue weighted by Crippen LogP contribution is -2.19. The predicted molar refractivity (Wildman–Crippen MR) is 80.4 cm³/mol. The smallest absolute Gasteiger partial charge is 0.0638 e. The van der Waals surface area contributed by atoms with Crippen LogP contribution in [0.25, 0.3) is 0 Å². The van der Waals surface area contributed by atoms with Gasteiger partial charge in [0.05, 0.1) is 10.7 Å². The minimum Gasteiger partial charge on any atom is -0.380 e. The van der Waals surface area contributed by atoms with Crippen molar-refractivity contribution in [3.8, 4) is 0 Å². The molecule has 0 aromatic heterocycles.